The summed E-state index contributed by atoms with van der Waals surface area (Å²) >= 11 is 0. The largest absolute Gasteiger partial charge is 0.497 e. The summed E-state index contributed by atoms with van der Waals surface area (Å²) in [6, 6.07) is 31.5. The van der Waals surface area contributed by atoms with E-state index in [1.54, 1.807) is 91.0 Å². The number of methoxy groups -OCH3 is 2. The van der Waals surface area contributed by atoms with Crippen molar-refractivity contribution in [3.05, 3.63) is 144 Å². The number of aliphatic hydroxyl groups is 1. The van der Waals surface area contributed by atoms with Gasteiger partial charge in [0, 0.05) is 5.56 Å². The fraction of sp³-hybridized carbons (Fsp3) is 0.231. The van der Waals surface area contributed by atoms with Gasteiger partial charge in [0.15, 0.2) is 29.4 Å². The number of fused-ring (bicyclic) bond motifs is 1. The number of alkyl halides is 1. The van der Waals surface area contributed by atoms with Crippen LogP contribution in [0.15, 0.2) is 122 Å². The molecular formula is C39H36FN5O8S. The first kappa shape index (κ1) is 36.6. The van der Waals surface area contributed by atoms with Crippen molar-refractivity contribution in [1.82, 2.24) is 19.5 Å². The quantitative estimate of drug-likeness (QED) is 0.127. The Morgan fingerprint density at radius 2 is 1.41 bits per heavy atom. The van der Waals surface area contributed by atoms with Gasteiger partial charge in [-0.05, 0) is 53.1 Å². The molecule has 0 radical (unpaired) electrons. The van der Waals surface area contributed by atoms with Gasteiger partial charge in [0.05, 0.1) is 32.2 Å². The highest BCUT2D eigenvalue weighted by atomic mass is 32.2. The summed E-state index contributed by atoms with van der Waals surface area (Å²) < 4.78 is 66.4. The highest BCUT2D eigenvalue weighted by molar-refractivity contribution is 7.86. The van der Waals surface area contributed by atoms with Gasteiger partial charge in [-0.15, -0.1) is 0 Å². The van der Waals surface area contributed by atoms with Gasteiger partial charge in [-0.3, -0.25) is 13.5 Å². The Kier molecular flexibility index (Phi) is 10.1. The number of aromatic nitrogens is 4. The minimum Gasteiger partial charge on any atom is -0.497 e. The molecule has 13 nitrogen and oxygen atoms in total. The third-order valence-corrected chi connectivity index (χ3v) is 10.0. The SMILES string of the molecule is COc1ccc(C(c2ccccc2)(c2ccc(OC)cc2)C(O)[C@H]2O[C@@H](n3cnc4c(NC(=O)c5ccccc5)ncnc43)[C@H](F)[C@@H]2OS(C)(=O)=O)cc1. The maximum atomic E-state index is 17.0. The van der Waals surface area contributed by atoms with Crippen molar-refractivity contribution in [2.75, 3.05) is 25.8 Å². The van der Waals surface area contributed by atoms with Crippen LogP contribution >= 0.6 is 0 Å². The first-order valence-corrected chi connectivity index (χ1v) is 18.6. The molecule has 5 atom stereocenters. The molecule has 0 bridgehead atoms. The van der Waals surface area contributed by atoms with Crippen LogP contribution < -0.4 is 14.8 Å². The number of nitrogens with one attached hydrogen (secondary N) is 1. The Hall–Kier alpha value is -5.74. The van der Waals surface area contributed by atoms with Gasteiger partial charge in [0.1, 0.15) is 36.1 Å². The van der Waals surface area contributed by atoms with Crippen LogP contribution in [0, 0.1) is 0 Å². The van der Waals surface area contributed by atoms with Crippen LogP contribution in [0.25, 0.3) is 11.2 Å². The first-order valence-electron chi connectivity index (χ1n) is 16.8. The number of ether oxygens (including phenoxy) is 3. The summed E-state index contributed by atoms with van der Waals surface area (Å²) in [5.41, 5.74) is 0.783. The third-order valence-electron chi connectivity index (χ3n) is 9.47. The fourth-order valence-electron chi connectivity index (χ4n) is 7.01. The number of carbonyl (C=O) groups excluding carboxylic acids is 1. The van der Waals surface area contributed by atoms with Crippen LogP contribution in [-0.2, 0) is 24.5 Å². The van der Waals surface area contributed by atoms with Crippen molar-refractivity contribution >= 4 is 33.0 Å². The lowest BCUT2D eigenvalue weighted by Gasteiger charge is -2.43. The molecule has 1 amide bonds. The van der Waals surface area contributed by atoms with E-state index >= 15 is 4.39 Å². The molecule has 54 heavy (non-hydrogen) atoms. The van der Waals surface area contributed by atoms with E-state index in [2.05, 4.69) is 20.3 Å². The van der Waals surface area contributed by atoms with E-state index in [9.17, 15) is 18.3 Å². The zero-order chi connectivity index (χ0) is 38.0. The Morgan fingerprint density at radius 1 is 0.852 bits per heavy atom. The molecule has 2 N–H and O–H groups in total. The molecule has 1 aliphatic rings. The Balaban J connectivity index is 1.36. The third kappa shape index (κ3) is 6.78. The van der Waals surface area contributed by atoms with Crippen LogP contribution in [0.1, 0.15) is 33.3 Å². The summed E-state index contributed by atoms with van der Waals surface area (Å²) in [6.07, 6.45) is -5.68. The zero-order valence-electron chi connectivity index (χ0n) is 29.3. The molecule has 4 aromatic carbocycles. The standard InChI is InChI=1S/C39H36FN5O8S/c1-50-28-18-14-26(15-19-28)39(25-12-8-5-9-13-25,27-16-20-29(51-2)21-17-27)34(46)33-32(53-54(3,48)49)30(40)38(52-33)45-23-43-31-35(41-22-42-36(31)45)44-37(47)24-10-6-4-7-11-24/h4-23,30,32-34,38,46H,1-3H3,(H,41,42,44,47)/t30-,32+,33+,34?,38-/m1/s1. The second-order valence-corrected chi connectivity index (χ2v) is 14.2. The predicted molar refractivity (Wildman–Crippen MR) is 197 cm³/mol. The van der Waals surface area contributed by atoms with Gasteiger partial charge in [-0.2, -0.15) is 8.42 Å². The number of anilines is 1. The second-order valence-electron chi connectivity index (χ2n) is 12.6. The molecule has 0 spiro atoms. The van der Waals surface area contributed by atoms with Crippen molar-refractivity contribution in [2.24, 2.45) is 0 Å². The molecule has 1 unspecified atom stereocenters. The maximum absolute atomic E-state index is 17.0. The van der Waals surface area contributed by atoms with Crippen molar-refractivity contribution in [1.29, 1.82) is 0 Å². The van der Waals surface area contributed by atoms with Gasteiger partial charge in [-0.25, -0.2) is 19.3 Å². The van der Waals surface area contributed by atoms with Crippen LogP contribution in [-0.4, -0.2) is 83.9 Å². The second kappa shape index (κ2) is 14.9. The predicted octanol–water partition coefficient (Wildman–Crippen LogP) is 5.07. The molecule has 1 fully saturated rings. The highest BCUT2D eigenvalue weighted by Gasteiger charge is 2.58. The zero-order valence-corrected chi connectivity index (χ0v) is 30.1. The van der Waals surface area contributed by atoms with E-state index in [1.807, 2.05) is 18.2 Å². The topological polar surface area (TPSA) is 164 Å². The number of hydrogen-bond donors (Lipinski definition) is 2. The average Bonchev–Trinajstić information content (AvgIpc) is 3.76. The van der Waals surface area contributed by atoms with Crippen molar-refractivity contribution < 1.29 is 41.1 Å². The molecule has 0 aliphatic carbocycles. The maximum Gasteiger partial charge on any atom is 0.264 e. The number of nitrogens with zero attached hydrogens (tertiary/aromatic N) is 4. The van der Waals surface area contributed by atoms with Gasteiger partial charge < -0.3 is 24.6 Å². The number of rotatable bonds is 12. The Morgan fingerprint density at radius 3 is 1.96 bits per heavy atom. The molecule has 7 rings (SSSR count). The van der Waals surface area contributed by atoms with Crippen LogP contribution in [0.3, 0.4) is 0 Å². The van der Waals surface area contributed by atoms with Gasteiger partial charge in [0.25, 0.3) is 16.0 Å². The van der Waals surface area contributed by atoms with Gasteiger partial charge in [-0.1, -0.05) is 72.8 Å². The lowest BCUT2D eigenvalue weighted by molar-refractivity contribution is -0.0928. The van der Waals surface area contributed by atoms with E-state index < -0.39 is 52.2 Å². The summed E-state index contributed by atoms with van der Waals surface area (Å²) in [5.74, 6) is 0.712. The smallest absolute Gasteiger partial charge is 0.264 e. The normalized spacial score (nSPS) is 19.4. The minimum atomic E-state index is -4.31. The van der Waals surface area contributed by atoms with Crippen molar-refractivity contribution in [3.8, 4) is 11.5 Å². The summed E-state index contributed by atoms with van der Waals surface area (Å²) in [5, 5.41) is 15.6. The van der Waals surface area contributed by atoms with E-state index in [4.69, 9.17) is 18.4 Å². The number of halogens is 1. The molecule has 6 aromatic rings. The lowest BCUT2D eigenvalue weighted by atomic mass is 9.64. The van der Waals surface area contributed by atoms with Crippen molar-refractivity contribution in [2.45, 2.75) is 36.1 Å². The molecule has 15 heteroatoms. The number of hydrogen-bond acceptors (Lipinski definition) is 11. The summed E-state index contributed by atoms with van der Waals surface area (Å²) in [4.78, 5) is 25.8. The fourth-order valence-corrected chi connectivity index (χ4v) is 7.63. The number of imidazole rings is 1. The Bertz CT molecular complexity index is 2300. The van der Waals surface area contributed by atoms with Crippen LogP contribution in [0.4, 0.5) is 10.2 Å². The van der Waals surface area contributed by atoms with E-state index in [-0.39, 0.29) is 17.0 Å². The highest BCUT2D eigenvalue weighted by Crippen LogP contribution is 2.49. The van der Waals surface area contributed by atoms with E-state index in [0.717, 1.165) is 6.26 Å². The number of amides is 1. The van der Waals surface area contributed by atoms with Gasteiger partial charge in [0.2, 0.25) is 0 Å². The molecular weight excluding hydrogens is 718 g/mol. The molecule has 0 saturated carbocycles. The van der Waals surface area contributed by atoms with Crippen LogP contribution in [0.2, 0.25) is 0 Å². The van der Waals surface area contributed by atoms with Crippen molar-refractivity contribution in [3.63, 3.8) is 0 Å². The van der Waals surface area contributed by atoms with Crippen LogP contribution in [0.5, 0.6) is 11.5 Å². The van der Waals surface area contributed by atoms with E-state index in [1.165, 1.54) is 31.4 Å². The Labute approximate surface area is 310 Å². The summed E-state index contributed by atoms with van der Waals surface area (Å²) in [6.45, 7) is 0. The minimum absolute atomic E-state index is 0.0589. The monoisotopic (exact) mass is 753 g/mol. The molecule has 2 aromatic heterocycles. The summed E-state index contributed by atoms with van der Waals surface area (Å²) in [7, 11) is -1.24. The first-order chi connectivity index (χ1) is 26.0. The van der Waals surface area contributed by atoms with Gasteiger partial charge >= 0.3 is 0 Å². The number of benzene rings is 4. The average molecular weight is 754 g/mol. The lowest BCUT2D eigenvalue weighted by Crippen LogP contribution is -2.53. The number of carbonyl (C=O) groups is 1. The number of aliphatic hydroxyl groups excluding tert-OH is 1. The molecule has 1 aliphatic heterocycles. The molecule has 3 heterocycles. The molecule has 278 valence electrons. The molecule has 1 saturated heterocycles. The van der Waals surface area contributed by atoms with E-state index in [0.29, 0.717) is 33.8 Å².